The molecule has 0 radical (unpaired) electrons. The molecule has 0 spiro atoms. The van der Waals surface area contributed by atoms with E-state index in [2.05, 4.69) is 9.35 Å². The monoisotopic (exact) mass is 246 g/mol. The summed E-state index contributed by atoms with van der Waals surface area (Å²) in [4.78, 5) is 23.7. The summed E-state index contributed by atoms with van der Waals surface area (Å²) in [5, 5.41) is 0. The molecule has 8 heteroatoms. The van der Waals surface area contributed by atoms with Crippen LogP contribution in [0.25, 0.3) is 0 Å². The molecule has 0 aromatic carbocycles. The minimum Gasteiger partial charge on any atom is 0 e. The Kier molecular flexibility index (Phi) is 5.17. The largest absolute Gasteiger partial charge is 0 e. The van der Waals surface area contributed by atoms with E-state index >= 15 is 0 Å². The van der Waals surface area contributed by atoms with Gasteiger partial charge in [0.05, 0.1) is 0 Å². The van der Waals surface area contributed by atoms with Gasteiger partial charge in [-0.3, -0.25) is 0 Å². The van der Waals surface area contributed by atoms with E-state index in [1.54, 1.807) is 0 Å². The number of hydrogen-bond acceptors (Lipinski definition) is 5. The Balaban J connectivity index is 0. The van der Waals surface area contributed by atoms with Crippen LogP contribution in [0.3, 0.4) is 0 Å². The minimum absolute atomic E-state index is 0. The topological polar surface area (TPSA) is 85.8 Å². The molecule has 8 heavy (non-hydrogen) atoms. The zero-order chi connectivity index (χ0) is 4.86. The molecule has 1 aliphatic heterocycles. The predicted octanol–water partition coefficient (Wildman–Crippen LogP) is -1.87. The second-order valence-corrected chi connectivity index (χ2v) is 2.95. The first kappa shape index (κ1) is 13.0. The molecule has 1 rings (SSSR count). The van der Waals surface area contributed by atoms with Crippen LogP contribution in [0, 0.1) is 0 Å². The molecule has 1 fully saturated rings. The number of hydrogen-bond donors (Lipinski definition) is 3. The zero-order valence-electron chi connectivity index (χ0n) is 3.11. The maximum atomic E-state index is 7.89. The molecule has 1 saturated heterocycles. The van der Waals surface area contributed by atoms with Gasteiger partial charge < -0.3 is 0 Å². The van der Waals surface area contributed by atoms with Crippen LogP contribution in [0.2, 0.25) is 0 Å². The van der Waals surface area contributed by atoms with Crippen molar-refractivity contribution in [3.05, 3.63) is 0 Å². The molecule has 0 saturated carbocycles. The van der Waals surface area contributed by atoms with E-state index in [0.29, 0.717) is 0 Å². The van der Waals surface area contributed by atoms with Crippen molar-refractivity contribution in [2.45, 2.75) is 0 Å². The molecule has 0 aromatic heterocycles. The van der Waals surface area contributed by atoms with Crippen molar-refractivity contribution in [3.8, 4) is 0 Å². The Bertz CT molecular complexity index is 76.2. The fraction of sp³-hybridized carbons (Fsp3) is 0. The molecular formula is H5CaO5PZr. The fourth-order valence-electron chi connectivity index (χ4n) is 0.0447. The first-order chi connectivity index (χ1) is 2.47. The summed E-state index contributed by atoms with van der Waals surface area (Å²) in [5.74, 6) is 0. The van der Waals surface area contributed by atoms with Gasteiger partial charge in [0.1, 0.15) is 0 Å². The van der Waals surface area contributed by atoms with E-state index in [1.165, 1.54) is 0 Å². The molecule has 0 amide bonds. The Morgan fingerprint density at radius 3 is 1.12 bits per heavy atom. The van der Waals surface area contributed by atoms with Gasteiger partial charge in [-0.25, -0.2) is 0 Å². The van der Waals surface area contributed by atoms with Crippen molar-refractivity contribution in [1.82, 2.24) is 0 Å². The maximum Gasteiger partial charge on any atom is 0 e. The van der Waals surface area contributed by atoms with Crippen LogP contribution in [0.15, 0.2) is 0 Å². The second kappa shape index (κ2) is 3.18. The van der Waals surface area contributed by atoms with E-state index in [4.69, 9.17) is 14.7 Å². The van der Waals surface area contributed by atoms with Crippen LogP contribution >= 0.6 is 7.74 Å². The van der Waals surface area contributed by atoms with Crippen molar-refractivity contribution < 1.29 is 50.2 Å². The van der Waals surface area contributed by atoms with Gasteiger partial charge in [0, 0.05) is 26.2 Å². The summed E-state index contributed by atoms with van der Waals surface area (Å²) in [6, 6.07) is 0. The molecule has 0 bridgehead atoms. The standard InChI is InChI=1S/Ca.H3O5P.Zr.2H/c;1-6(2,3)4-5-6;;;/h;1-3H;;;. The van der Waals surface area contributed by atoms with E-state index in [9.17, 15) is 0 Å². The van der Waals surface area contributed by atoms with Gasteiger partial charge in [-0.2, -0.15) is 0 Å². The quantitative estimate of drug-likeness (QED) is 0.202. The normalized spacial score (nSPS) is 32.1. The van der Waals surface area contributed by atoms with E-state index in [1.807, 2.05) is 0 Å². The van der Waals surface area contributed by atoms with Gasteiger partial charge in [-0.15, -0.1) is 0 Å². The average Bonchev–Trinajstić information content (AvgIpc) is 1.73. The van der Waals surface area contributed by atoms with Gasteiger partial charge in [-0.1, -0.05) is 0 Å². The maximum absolute atomic E-state index is 7.89. The average molecular weight is 247 g/mol. The Labute approximate surface area is 94.4 Å². The van der Waals surface area contributed by atoms with Gasteiger partial charge in [0.25, 0.3) is 0 Å². The molecule has 3 N–H and O–H groups in total. The minimum atomic E-state index is -4.80. The first-order valence-corrected chi connectivity index (χ1v) is 3.06. The summed E-state index contributed by atoms with van der Waals surface area (Å²) in [7, 11) is -4.80. The van der Waals surface area contributed by atoms with Gasteiger partial charge in [0.15, 0.2) is 0 Å². The van der Waals surface area contributed by atoms with Gasteiger partial charge in [-0.05, 0) is 0 Å². The van der Waals surface area contributed by atoms with Crippen LogP contribution in [0.4, 0.5) is 0 Å². The summed E-state index contributed by atoms with van der Waals surface area (Å²) in [6.07, 6.45) is 0. The van der Waals surface area contributed by atoms with Crippen molar-refractivity contribution in [2.24, 2.45) is 0 Å². The van der Waals surface area contributed by atoms with E-state index in [0.717, 1.165) is 0 Å². The van der Waals surface area contributed by atoms with Crippen LogP contribution in [0.1, 0.15) is 0 Å². The Morgan fingerprint density at radius 2 is 1.12 bits per heavy atom. The molecule has 1 aliphatic rings. The summed E-state index contributed by atoms with van der Waals surface area (Å²) in [6.45, 7) is 0. The molecule has 0 aromatic rings. The third-order valence-electron chi connectivity index (χ3n) is 0.275. The molecule has 0 unspecified atom stereocenters. The van der Waals surface area contributed by atoms with E-state index < -0.39 is 7.74 Å². The smallest absolute Gasteiger partial charge is 0 e. The first-order valence-electron chi connectivity index (χ1n) is 1.13. The molecule has 0 atom stereocenters. The Morgan fingerprint density at radius 1 is 1.00 bits per heavy atom. The van der Waals surface area contributed by atoms with E-state index in [-0.39, 0.29) is 63.9 Å². The van der Waals surface area contributed by atoms with Crippen LogP contribution < -0.4 is 0 Å². The predicted molar refractivity (Wildman–Crippen MR) is 24.3 cm³/mol. The Hall–Kier alpha value is 2.37. The van der Waals surface area contributed by atoms with Crippen molar-refractivity contribution in [3.63, 3.8) is 0 Å². The van der Waals surface area contributed by atoms with Gasteiger partial charge in [0.2, 0.25) is 0 Å². The molecule has 1 heterocycles. The van der Waals surface area contributed by atoms with Gasteiger partial charge >= 0.3 is 69.5 Å². The third kappa shape index (κ3) is 5.18. The fourth-order valence-corrected chi connectivity index (χ4v) is 0.402. The van der Waals surface area contributed by atoms with Crippen molar-refractivity contribution in [1.29, 1.82) is 0 Å². The zero-order valence-corrected chi connectivity index (χ0v) is 6.46. The summed E-state index contributed by atoms with van der Waals surface area (Å²) < 4.78 is 6.76. The molecule has 46 valence electrons. The SMILES string of the molecule is OP1(O)(O)OO1.[CaH2].[Zr]. The van der Waals surface area contributed by atoms with Crippen molar-refractivity contribution in [2.75, 3.05) is 0 Å². The summed E-state index contributed by atoms with van der Waals surface area (Å²) >= 11 is 0. The number of rotatable bonds is 0. The van der Waals surface area contributed by atoms with Crippen LogP contribution in [0.5, 0.6) is 0 Å². The second-order valence-electron chi connectivity index (χ2n) is 0.982. The van der Waals surface area contributed by atoms with Crippen LogP contribution in [-0.2, 0) is 35.6 Å². The van der Waals surface area contributed by atoms with Crippen molar-refractivity contribution >= 4 is 45.5 Å². The third-order valence-corrected chi connectivity index (χ3v) is 0.824. The van der Waals surface area contributed by atoms with Crippen LogP contribution in [-0.4, -0.2) is 52.4 Å². The molecule has 0 aliphatic carbocycles. The summed E-state index contributed by atoms with van der Waals surface area (Å²) in [5.41, 5.74) is 0. The molecular weight excluding hydrogens is 242 g/mol. The molecule has 5 nitrogen and oxygen atoms in total.